The summed E-state index contributed by atoms with van der Waals surface area (Å²) in [7, 11) is 0. The zero-order valence-electron chi connectivity index (χ0n) is 27.8. The van der Waals surface area contributed by atoms with Crippen molar-refractivity contribution in [3.8, 4) is 33.4 Å². The van der Waals surface area contributed by atoms with E-state index in [1.54, 1.807) is 0 Å². The molecule has 0 radical (unpaired) electrons. The molecule has 1 aromatic heterocycles. The maximum absolute atomic E-state index is 2.48. The summed E-state index contributed by atoms with van der Waals surface area (Å²) in [5.74, 6) is 0. The quantitative estimate of drug-likeness (QED) is 0.181. The van der Waals surface area contributed by atoms with Gasteiger partial charge >= 0.3 is 0 Å². The molecule has 0 fully saturated rings. The molecule has 1 atom stereocenters. The SMILES string of the molecule is c1ccc(N(c2ccc(-c3cccc4ccccc34)cc2)c2ccc3c(c2)C2(c4ccccc4-3)c3ccccc3-c3c2sc2ccccc32)cc1. The Balaban J connectivity index is 1.14. The monoisotopic (exact) mass is 665 g/mol. The van der Waals surface area contributed by atoms with E-state index in [2.05, 4.69) is 193 Å². The number of rotatable bonds is 4. The zero-order chi connectivity index (χ0) is 33.5. The Labute approximate surface area is 301 Å². The number of thiophene rings is 1. The molecule has 11 rings (SSSR count). The molecule has 0 N–H and O–H groups in total. The number of anilines is 3. The van der Waals surface area contributed by atoms with E-state index in [-0.39, 0.29) is 0 Å². The minimum Gasteiger partial charge on any atom is -0.310 e. The van der Waals surface area contributed by atoms with Crippen LogP contribution in [0.4, 0.5) is 17.1 Å². The predicted molar refractivity (Wildman–Crippen MR) is 216 cm³/mol. The number of nitrogens with zero attached hydrogens (tertiary/aromatic N) is 1. The number of para-hydroxylation sites is 1. The summed E-state index contributed by atoms with van der Waals surface area (Å²) in [4.78, 5) is 3.84. The lowest BCUT2D eigenvalue weighted by Gasteiger charge is -2.31. The first-order valence-electron chi connectivity index (χ1n) is 17.6. The number of hydrogen-bond donors (Lipinski definition) is 0. The molecular formula is C49H31NS. The normalized spacial score (nSPS) is 15.1. The minimum atomic E-state index is -0.391. The van der Waals surface area contributed by atoms with Crippen LogP contribution in [0.25, 0.3) is 54.2 Å². The van der Waals surface area contributed by atoms with Gasteiger partial charge in [-0.05, 0) is 97.7 Å². The summed E-state index contributed by atoms with van der Waals surface area (Å²) in [6.45, 7) is 0. The topological polar surface area (TPSA) is 3.24 Å². The van der Waals surface area contributed by atoms with Gasteiger partial charge in [-0.25, -0.2) is 0 Å². The highest BCUT2D eigenvalue weighted by molar-refractivity contribution is 7.20. The average Bonchev–Trinajstić information content (AvgIpc) is 3.82. The number of benzene rings is 8. The van der Waals surface area contributed by atoms with E-state index in [0.717, 1.165) is 17.1 Å². The molecule has 0 bridgehead atoms. The second-order valence-corrected chi connectivity index (χ2v) is 14.7. The van der Waals surface area contributed by atoms with Gasteiger partial charge in [0.25, 0.3) is 0 Å². The van der Waals surface area contributed by atoms with Crippen LogP contribution in [0, 0.1) is 0 Å². The van der Waals surface area contributed by atoms with Crippen LogP contribution in [-0.2, 0) is 5.41 Å². The fourth-order valence-corrected chi connectivity index (χ4v) is 10.4. The molecule has 8 aromatic carbocycles. The Morgan fingerprint density at radius 2 is 0.980 bits per heavy atom. The molecule has 51 heavy (non-hydrogen) atoms. The van der Waals surface area contributed by atoms with E-state index in [1.807, 2.05) is 11.3 Å². The highest BCUT2D eigenvalue weighted by Gasteiger charge is 2.53. The highest BCUT2D eigenvalue weighted by Crippen LogP contribution is 2.66. The van der Waals surface area contributed by atoms with Gasteiger partial charge in [0.15, 0.2) is 0 Å². The molecule has 1 nitrogen and oxygen atoms in total. The lowest BCUT2D eigenvalue weighted by atomic mass is 9.74. The van der Waals surface area contributed by atoms with Crippen LogP contribution in [-0.4, -0.2) is 0 Å². The lowest BCUT2D eigenvalue weighted by Crippen LogP contribution is -2.25. The van der Waals surface area contributed by atoms with Gasteiger partial charge in [-0.1, -0.05) is 146 Å². The molecule has 2 aliphatic rings. The summed E-state index contributed by atoms with van der Waals surface area (Å²) >= 11 is 1.96. The van der Waals surface area contributed by atoms with Gasteiger partial charge in [0.1, 0.15) is 0 Å². The third-order valence-corrected chi connectivity index (χ3v) is 12.4. The molecule has 0 saturated carbocycles. The zero-order valence-corrected chi connectivity index (χ0v) is 28.6. The minimum absolute atomic E-state index is 0.391. The highest BCUT2D eigenvalue weighted by atomic mass is 32.1. The van der Waals surface area contributed by atoms with Crippen molar-refractivity contribution in [3.63, 3.8) is 0 Å². The van der Waals surface area contributed by atoms with Crippen LogP contribution in [0.5, 0.6) is 0 Å². The number of hydrogen-bond acceptors (Lipinski definition) is 2. The molecule has 0 saturated heterocycles. The van der Waals surface area contributed by atoms with Crippen LogP contribution < -0.4 is 4.90 Å². The van der Waals surface area contributed by atoms with Crippen LogP contribution in [0.3, 0.4) is 0 Å². The summed E-state index contributed by atoms with van der Waals surface area (Å²) in [5, 5.41) is 3.88. The van der Waals surface area contributed by atoms with Crippen LogP contribution in [0.1, 0.15) is 21.6 Å². The van der Waals surface area contributed by atoms with Crippen molar-refractivity contribution in [1.29, 1.82) is 0 Å². The van der Waals surface area contributed by atoms with Gasteiger partial charge in [0, 0.05) is 37.6 Å². The molecule has 0 amide bonds. The molecule has 1 spiro atoms. The van der Waals surface area contributed by atoms with Crippen LogP contribution in [0.2, 0.25) is 0 Å². The Morgan fingerprint density at radius 3 is 1.82 bits per heavy atom. The van der Waals surface area contributed by atoms with Crippen LogP contribution in [0.15, 0.2) is 188 Å². The molecule has 238 valence electrons. The Hall–Kier alpha value is -6.22. The molecule has 0 aliphatic heterocycles. The van der Waals surface area contributed by atoms with Crippen molar-refractivity contribution in [1.82, 2.24) is 0 Å². The lowest BCUT2D eigenvalue weighted by molar-refractivity contribution is 0.811. The molecule has 9 aromatic rings. The third kappa shape index (κ3) is 3.97. The molecular weight excluding hydrogens is 635 g/mol. The molecule has 2 heteroatoms. The smallest absolute Gasteiger partial charge is 0.0820 e. The van der Waals surface area contributed by atoms with Crippen molar-refractivity contribution in [2.75, 3.05) is 4.90 Å². The second-order valence-electron chi connectivity index (χ2n) is 13.6. The van der Waals surface area contributed by atoms with Gasteiger partial charge in [0.05, 0.1) is 5.41 Å². The Kier molecular flexibility index (Phi) is 6.11. The summed E-state index contributed by atoms with van der Waals surface area (Å²) in [6, 6.07) is 69.4. The fourth-order valence-electron chi connectivity index (χ4n) is 8.96. The van der Waals surface area contributed by atoms with E-state index >= 15 is 0 Å². The second kappa shape index (κ2) is 10.9. The Morgan fingerprint density at radius 1 is 0.392 bits per heavy atom. The van der Waals surface area contributed by atoms with E-state index in [1.165, 1.54) is 75.8 Å². The maximum Gasteiger partial charge on any atom is 0.0820 e. The first-order valence-corrected chi connectivity index (χ1v) is 18.4. The van der Waals surface area contributed by atoms with Crippen LogP contribution >= 0.6 is 11.3 Å². The molecule has 2 aliphatic carbocycles. The fraction of sp³-hybridized carbons (Fsp3) is 0.0204. The summed E-state index contributed by atoms with van der Waals surface area (Å²) < 4.78 is 1.34. The first-order chi connectivity index (χ1) is 25.3. The van der Waals surface area contributed by atoms with Gasteiger partial charge in [-0.2, -0.15) is 0 Å². The molecule has 1 heterocycles. The number of fused-ring (bicyclic) bond motifs is 13. The summed E-state index contributed by atoms with van der Waals surface area (Å²) in [5.41, 5.74) is 15.0. The molecule has 1 unspecified atom stereocenters. The van der Waals surface area contributed by atoms with Crippen molar-refractivity contribution in [3.05, 3.63) is 210 Å². The predicted octanol–water partition coefficient (Wildman–Crippen LogP) is 13.5. The van der Waals surface area contributed by atoms with E-state index in [0.29, 0.717) is 0 Å². The van der Waals surface area contributed by atoms with E-state index < -0.39 is 5.41 Å². The van der Waals surface area contributed by atoms with E-state index in [9.17, 15) is 0 Å². The van der Waals surface area contributed by atoms with Gasteiger partial charge in [-0.3, -0.25) is 0 Å². The van der Waals surface area contributed by atoms with E-state index in [4.69, 9.17) is 0 Å². The summed E-state index contributed by atoms with van der Waals surface area (Å²) in [6.07, 6.45) is 0. The Bertz CT molecular complexity index is 2810. The van der Waals surface area contributed by atoms with Gasteiger partial charge in [-0.15, -0.1) is 11.3 Å². The van der Waals surface area contributed by atoms with Gasteiger partial charge < -0.3 is 4.90 Å². The van der Waals surface area contributed by atoms with Crippen molar-refractivity contribution < 1.29 is 0 Å². The first kappa shape index (κ1) is 28.6. The standard InChI is InChI=1S/C49H31NS/c1-2-15-34(16-3-1)50(35-27-25-33(26-28-35)38-21-12-14-32-13-4-5-17-37(32)38)36-29-30-40-39-18-6-9-22-43(39)49(45(40)31-36)44-23-10-7-19-41(44)47-42-20-8-11-24-46(42)51-48(47)49/h1-31H. The average molecular weight is 666 g/mol. The van der Waals surface area contributed by atoms with Crippen molar-refractivity contribution >= 4 is 49.3 Å². The third-order valence-electron chi connectivity index (χ3n) is 11.1. The van der Waals surface area contributed by atoms with Crippen molar-refractivity contribution in [2.45, 2.75) is 5.41 Å². The van der Waals surface area contributed by atoms with Crippen molar-refractivity contribution in [2.24, 2.45) is 0 Å². The van der Waals surface area contributed by atoms with Gasteiger partial charge in [0.2, 0.25) is 0 Å². The maximum atomic E-state index is 2.48. The largest absolute Gasteiger partial charge is 0.310 e.